The van der Waals surface area contributed by atoms with Crippen molar-refractivity contribution in [2.24, 2.45) is 16.2 Å². The molecule has 0 aromatic rings. The number of carbonyl (C=O) groups is 3. The molecule has 0 radical (unpaired) electrons. The average molecular weight is 350 g/mol. The van der Waals surface area contributed by atoms with E-state index >= 15 is 0 Å². The van der Waals surface area contributed by atoms with Crippen molar-refractivity contribution in [2.45, 2.75) is 71.3 Å². The van der Waals surface area contributed by atoms with Gasteiger partial charge < -0.3 is 20.1 Å². The number of nitrogens with one attached hydrogen (secondary N) is 2. The molecule has 4 fully saturated rings. The number of ether oxygens (including phenoxy) is 2. The number of hydrogen-bond acceptors (Lipinski definition) is 5. The molecule has 1 aliphatic carbocycles. The second-order valence-corrected chi connectivity index (χ2v) is 9.23. The molecule has 25 heavy (non-hydrogen) atoms. The van der Waals surface area contributed by atoms with Crippen LogP contribution in [0, 0.1) is 16.2 Å². The normalized spacial score (nSPS) is 48.5. The van der Waals surface area contributed by atoms with Gasteiger partial charge in [-0.05, 0) is 38.0 Å². The van der Waals surface area contributed by atoms with Gasteiger partial charge in [-0.2, -0.15) is 0 Å². The van der Waals surface area contributed by atoms with Crippen LogP contribution in [-0.2, 0) is 23.9 Å². The standard InChI is InChI=1S/C18H26N2O5/c1-16-6-17(2,14(22)19-9-16)8-18(3,7-16)15(23)25-13-12-10(24-13)4-5-11(21)20-12/h10,12-13H,4-9H2,1-3H3,(H,19,22)(H,20,21)/t10-,12+,13-,16+,17-,18+/m0/s1. The van der Waals surface area contributed by atoms with Crippen LogP contribution in [0.1, 0.15) is 52.9 Å². The first kappa shape index (κ1) is 16.8. The van der Waals surface area contributed by atoms with E-state index in [0.29, 0.717) is 32.2 Å². The van der Waals surface area contributed by atoms with Gasteiger partial charge in [0.2, 0.25) is 18.1 Å². The first-order valence-corrected chi connectivity index (χ1v) is 9.07. The molecule has 0 aromatic carbocycles. The smallest absolute Gasteiger partial charge is 0.314 e. The monoisotopic (exact) mass is 350 g/mol. The Bertz CT molecular complexity index is 651. The molecule has 3 heterocycles. The Hall–Kier alpha value is -1.63. The minimum atomic E-state index is -0.730. The lowest BCUT2D eigenvalue weighted by atomic mass is 9.52. The molecule has 6 atom stereocenters. The Morgan fingerprint density at radius 3 is 2.72 bits per heavy atom. The summed E-state index contributed by atoms with van der Waals surface area (Å²) in [6.45, 7) is 6.53. The molecule has 4 rings (SSSR count). The Kier molecular flexibility index (Phi) is 3.49. The van der Waals surface area contributed by atoms with Crippen LogP contribution in [0.2, 0.25) is 0 Å². The molecule has 138 valence electrons. The lowest BCUT2D eigenvalue weighted by molar-refractivity contribution is -0.279. The molecular weight excluding hydrogens is 324 g/mol. The Morgan fingerprint density at radius 2 is 1.96 bits per heavy atom. The second-order valence-electron chi connectivity index (χ2n) is 9.23. The SMILES string of the molecule is C[C@@]12CNC(=O)[C@@](C)(C1)C[C@](C)(C(=O)O[C@@H]1O[C@H]3CCC(=O)N[C@@H]13)C2. The van der Waals surface area contributed by atoms with Gasteiger partial charge in [0.05, 0.1) is 11.5 Å². The third-order valence-corrected chi connectivity index (χ3v) is 6.34. The van der Waals surface area contributed by atoms with Crippen LogP contribution in [0.15, 0.2) is 0 Å². The molecule has 2 bridgehead atoms. The van der Waals surface area contributed by atoms with Crippen molar-refractivity contribution in [1.82, 2.24) is 10.6 Å². The third kappa shape index (κ3) is 2.63. The highest BCUT2D eigenvalue weighted by Gasteiger charge is 2.59. The van der Waals surface area contributed by atoms with E-state index in [-0.39, 0.29) is 35.3 Å². The molecule has 1 saturated carbocycles. The fourth-order valence-electron chi connectivity index (χ4n) is 5.59. The topological polar surface area (TPSA) is 93.7 Å². The second kappa shape index (κ2) is 5.19. The molecule has 0 unspecified atom stereocenters. The van der Waals surface area contributed by atoms with Crippen molar-refractivity contribution in [1.29, 1.82) is 0 Å². The number of piperidine rings is 2. The molecule has 7 heteroatoms. The number of rotatable bonds is 2. The highest BCUT2D eigenvalue weighted by Crippen LogP contribution is 2.56. The predicted molar refractivity (Wildman–Crippen MR) is 87.1 cm³/mol. The number of fused-ring (bicyclic) bond motifs is 3. The van der Waals surface area contributed by atoms with E-state index in [0.717, 1.165) is 6.42 Å². The minimum Gasteiger partial charge on any atom is -0.433 e. The molecule has 2 N–H and O–H groups in total. The molecule has 7 nitrogen and oxygen atoms in total. The Morgan fingerprint density at radius 1 is 1.20 bits per heavy atom. The zero-order chi connectivity index (χ0) is 18.0. The molecule has 4 aliphatic rings. The maximum Gasteiger partial charge on any atom is 0.314 e. The lowest BCUT2D eigenvalue weighted by Crippen LogP contribution is -2.67. The van der Waals surface area contributed by atoms with E-state index in [4.69, 9.17) is 9.47 Å². The summed E-state index contributed by atoms with van der Waals surface area (Å²) in [5.74, 6) is -0.341. The van der Waals surface area contributed by atoms with Crippen molar-refractivity contribution in [3.8, 4) is 0 Å². The fraction of sp³-hybridized carbons (Fsp3) is 0.833. The summed E-state index contributed by atoms with van der Waals surface area (Å²) in [6.07, 6.45) is 2.26. The summed E-state index contributed by atoms with van der Waals surface area (Å²) < 4.78 is 11.3. The first-order chi connectivity index (χ1) is 11.6. The summed E-state index contributed by atoms with van der Waals surface area (Å²) in [6, 6.07) is -0.244. The van der Waals surface area contributed by atoms with E-state index in [2.05, 4.69) is 17.6 Å². The highest BCUT2D eigenvalue weighted by molar-refractivity contribution is 5.86. The van der Waals surface area contributed by atoms with Gasteiger partial charge in [0, 0.05) is 18.4 Å². The van der Waals surface area contributed by atoms with Crippen LogP contribution in [0.4, 0.5) is 0 Å². The van der Waals surface area contributed by atoms with E-state index in [1.54, 1.807) is 0 Å². The van der Waals surface area contributed by atoms with Gasteiger partial charge in [0.1, 0.15) is 6.04 Å². The first-order valence-electron chi connectivity index (χ1n) is 9.07. The van der Waals surface area contributed by atoms with E-state index in [1.165, 1.54) is 0 Å². The zero-order valence-corrected chi connectivity index (χ0v) is 15.0. The number of esters is 1. The molecule has 0 spiro atoms. The van der Waals surface area contributed by atoms with Gasteiger partial charge in [-0.1, -0.05) is 13.8 Å². The molecule has 3 aliphatic heterocycles. The van der Waals surface area contributed by atoms with Crippen molar-refractivity contribution in [2.75, 3.05) is 6.54 Å². The predicted octanol–water partition coefficient (Wildman–Crippen LogP) is 0.866. The lowest BCUT2D eigenvalue weighted by Gasteiger charge is -2.55. The summed E-state index contributed by atoms with van der Waals surface area (Å²) in [4.78, 5) is 36.9. The number of carbonyl (C=O) groups excluding carboxylic acids is 3. The quantitative estimate of drug-likeness (QED) is 0.721. The molecule has 2 amide bonds. The van der Waals surface area contributed by atoms with Crippen molar-refractivity contribution in [3.05, 3.63) is 0 Å². The van der Waals surface area contributed by atoms with Crippen LogP contribution < -0.4 is 10.6 Å². The van der Waals surface area contributed by atoms with Gasteiger partial charge in [-0.25, -0.2) is 0 Å². The van der Waals surface area contributed by atoms with E-state index in [1.807, 2.05) is 13.8 Å². The van der Waals surface area contributed by atoms with Crippen LogP contribution in [0.25, 0.3) is 0 Å². The molecular formula is C18H26N2O5. The summed E-state index contributed by atoms with van der Waals surface area (Å²) in [5, 5.41) is 5.83. The maximum absolute atomic E-state index is 13.0. The summed E-state index contributed by atoms with van der Waals surface area (Å²) in [5.41, 5.74) is -1.40. The molecule has 0 aromatic heterocycles. The van der Waals surface area contributed by atoms with Gasteiger partial charge in [-0.3, -0.25) is 14.4 Å². The number of hydrogen-bond donors (Lipinski definition) is 2. The summed E-state index contributed by atoms with van der Waals surface area (Å²) in [7, 11) is 0. The summed E-state index contributed by atoms with van der Waals surface area (Å²) >= 11 is 0. The van der Waals surface area contributed by atoms with E-state index < -0.39 is 17.1 Å². The van der Waals surface area contributed by atoms with Crippen molar-refractivity contribution in [3.63, 3.8) is 0 Å². The highest BCUT2D eigenvalue weighted by atomic mass is 16.7. The van der Waals surface area contributed by atoms with Crippen molar-refractivity contribution >= 4 is 17.8 Å². The minimum absolute atomic E-state index is 0.0169. The Labute approximate surface area is 147 Å². The Balaban J connectivity index is 1.48. The average Bonchev–Trinajstić information content (AvgIpc) is 2.50. The van der Waals surface area contributed by atoms with Crippen LogP contribution in [-0.4, -0.2) is 42.8 Å². The fourth-order valence-corrected chi connectivity index (χ4v) is 5.59. The van der Waals surface area contributed by atoms with Gasteiger partial charge >= 0.3 is 5.97 Å². The molecule has 3 saturated heterocycles. The van der Waals surface area contributed by atoms with E-state index in [9.17, 15) is 14.4 Å². The zero-order valence-electron chi connectivity index (χ0n) is 15.0. The third-order valence-electron chi connectivity index (χ3n) is 6.34. The van der Waals surface area contributed by atoms with Crippen LogP contribution in [0.5, 0.6) is 0 Å². The van der Waals surface area contributed by atoms with Gasteiger partial charge in [0.15, 0.2) is 0 Å². The van der Waals surface area contributed by atoms with Gasteiger partial charge in [0.25, 0.3) is 0 Å². The largest absolute Gasteiger partial charge is 0.433 e. The van der Waals surface area contributed by atoms with Crippen LogP contribution in [0.3, 0.4) is 0 Å². The number of amides is 2. The van der Waals surface area contributed by atoms with Gasteiger partial charge in [-0.15, -0.1) is 0 Å². The van der Waals surface area contributed by atoms with Crippen molar-refractivity contribution < 1.29 is 23.9 Å². The van der Waals surface area contributed by atoms with Crippen LogP contribution >= 0.6 is 0 Å². The maximum atomic E-state index is 13.0.